The summed E-state index contributed by atoms with van der Waals surface area (Å²) in [5, 5.41) is 28.9. The molecule has 0 saturated heterocycles. The number of hydrogen-bond acceptors (Lipinski definition) is 6. The fourth-order valence-corrected chi connectivity index (χ4v) is 1.44. The maximum absolute atomic E-state index is 10.6. The van der Waals surface area contributed by atoms with Crippen LogP contribution >= 0.6 is 0 Å². The molecule has 2 rings (SSSR count). The Morgan fingerprint density at radius 3 is 1.08 bits per heavy atom. The Labute approximate surface area is 141 Å². The van der Waals surface area contributed by atoms with Gasteiger partial charge in [-0.25, -0.2) is 0 Å². The van der Waals surface area contributed by atoms with Crippen LogP contribution in [0.4, 0.5) is 11.4 Å². The van der Waals surface area contributed by atoms with Gasteiger partial charge in [0.05, 0.1) is 23.3 Å². The van der Waals surface area contributed by atoms with E-state index in [1.807, 2.05) is 27.7 Å². The van der Waals surface area contributed by atoms with E-state index in [4.69, 9.17) is 0 Å². The molecule has 2 aromatic carbocycles. The smallest absolute Gasteiger partial charge is 0.0857 e. The molecular weight excluding hydrogens is 308 g/mol. The molecule has 0 spiro atoms. The molecule has 0 aromatic heterocycles. The third kappa shape index (κ3) is 6.83. The number of aromatic carboxylic acids is 2. The number of carboxylic acid groups (broad SMARTS) is 2. The first kappa shape index (κ1) is 21.0. The molecule has 0 bridgehead atoms. The van der Waals surface area contributed by atoms with Gasteiger partial charge in [-0.1, -0.05) is 52.0 Å². The third-order valence-electron chi connectivity index (χ3n) is 2.49. The van der Waals surface area contributed by atoms with Crippen LogP contribution in [-0.2, 0) is 0 Å². The average Bonchev–Trinajstić information content (AvgIpc) is 2.64. The lowest BCUT2D eigenvalue weighted by molar-refractivity contribution is -0.256. The van der Waals surface area contributed by atoms with Crippen LogP contribution in [0.1, 0.15) is 48.4 Å². The van der Waals surface area contributed by atoms with E-state index in [1.165, 1.54) is 48.5 Å². The quantitative estimate of drug-likeness (QED) is 0.804. The molecule has 0 radical (unpaired) electrons. The lowest BCUT2D eigenvalue weighted by Crippen LogP contribution is -2.21. The predicted octanol–water partition coefficient (Wildman–Crippen LogP) is 2.88. The van der Waals surface area contributed by atoms with Crippen molar-refractivity contribution in [3.63, 3.8) is 0 Å². The van der Waals surface area contributed by atoms with Gasteiger partial charge in [0.2, 0.25) is 0 Å². The van der Waals surface area contributed by atoms with Crippen LogP contribution in [0.15, 0.2) is 58.8 Å². The molecule has 6 heteroatoms. The number of carbonyl (C=O) groups is 2. The molecule has 2 aromatic rings. The molecule has 0 amide bonds. The number of rotatable bonds is 4. The third-order valence-corrected chi connectivity index (χ3v) is 2.49. The number of nitrogens with zero attached hydrogens (tertiary/aromatic N) is 2. The first-order valence-electron chi connectivity index (χ1n) is 7.61. The van der Waals surface area contributed by atoms with Crippen LogP contribution in [-0.4, -0.2) is 11.9 Å². The van der Waals surface area contributed by atoms with Crippen LogP contribution in [0.3, 0.4) is 0 Å². The van der Waals surface area contributed by atoms with E-state index in [2.05, 4.69) is 10.2 Å². The monoisotopic (exact) mass is 328 g/mol. The second-order valence-electron chi connectivity index (χ2n) is 3.87. The van der Waals surface area contributed by atoms with E-state index in [0.717, 1.165) is 0 Å². The number of hydrogen-bond donors (Lipinski definition) is 0. The molecule has 0 heterocycles. The number of azo groups is 1. The maximum atomic E-state index is 10.6. The summed E-state index contributed by atoms with van der Waals surface area (Å²) in [5.74, 6) is -2.52. The van der Waals surface area contributed by atoms with E-state index >= 15 is 0 Å². The molecule has 6 nitrogen and oxygen atoms in total. The normalized spacial score (nSPS) is 9.33. The van der Waals surface area contributed by atoms with E-state index in [9.17, 15) is 19.8 Å². The van der Waals surface area contributed by atoms with Crippen LogP contribution < -0.4 is 10.2 Å². The summed E-state index contributed by atoms with van der Waals surface area (Å²) < 4.78 is 0. The fraction of sp³-hybridized carbons (Fsp3) is 0.222. The van der Waals surface area contributed by atoms with Gasteiger partial charge in [-0.15, -0.1) is 0 Å². The summed E-state index contributed by atoms with van der Waals surface area (Å²) in [6.45, 7) is 8.00. The topological polar surface area (TPSA) is 105 Å². The van der Waals surface area contributed by atoms with Crippen LogP contribution in [0.5, 0.6) is 0 Å². The molecule has 128 valence electrons. The zero-order chi connectivity index (χ0) is 18.5. The van der Waals surface area contributed by atoms with Crippen molar-refractivity contribution in [2.75, 3.05) is 0 Å². The number of carbonyl (C=O) groups excluding carboxylic acids is 2. The summed E-state index contributed by atoms with van der Waals surface area (Å²) >= 11 is 0. The molecule has 0 aliphatic rings. The van der Waals surface area contributed by atoms with Crippen molar-refractivity contribution in [1.82, 2.24) is 0 Å². The number of benzene rings is 2. The molecule has 0 fully saturated rings. The lowest BCUT2D eigenvalue weighted by Gasteiger charge is -2.02. The Hall–Kier alpha value is -3.02. The van der Waals surface area contributed by atoms with Gasteiger partial charge in [0.15, 0.2) is 0 Å². The number of carboxylic acids is 2. The molecule has 0 saturated carbocycles. The van der Waals surface area contributed by atoms with Gasteiger partial charge in [-0.2, -0.15) is 10.2 Å². The average molecular weight is 328 g/mol. The largest absolute Gasteiger partial charge is 0.545 e. The summed E-state index contributed by atoms with van der Waals surface area (Å²) in [5.41, 5.74) is 1.06. The minimum atomic E-state index is -1.26. The molecule has 0 aliphatic carbocycles. The predicted molar refractivity (Wildman–Crippen MR) is 88.4 cm³/mol. The van der Waals surface area contributed by atoms with Crippen molar-refractivity contribution in [3.05, 3.63) is 59.7 Å². The minimum Gasteiger partial charge on any atom is -0.545 e. The minimum absolute atomic E-state index is 0.0576. The highest BCUT2D eigenvalue weighted by Gasteiger charge is 1.96. The van der Waals surface area contributed by atoms with Gasteiger partial charge < -0.3 is 19.8 Å². The molecule has 0 aliphatic heterocycles. The summed E-state index contributed by atoms with van der Waals surface area (Å²) in [6.07, 6.45) is 0. The van der Waals surface area contributed by atoms with Gasteiger partial charge in [0, 0.05) is 0 Å². The molecule has 0 N–H and O–H groups in total. The summed E-state index contributed by atoms with van der Waals surface area (Å²) in [4.78, 5) is 21.1. The van der Waals surface area contributed by atoms with E-state index in [-0.39, 0.29) is 11.1 Å². The van der Waals surface area contributed by atoms with Gasteiger partial charge >= 0.3 is 0 Å². The van der Waals surface area contributed by atoms with Gasteiger partial charge in [0.25, 0.3) is 0 Å². The van der Waals surface area contributed by atoms with Crippen LogP contribution in [0.25, 0.3) is 0 Å². The Morgan fingerprint density at radius 2 is 0.875 bits per heavy atom. The SMILES string of the molecule is CC.CC.O=C([O-])c1ccc(N=Nc2ccc(C(=O)[O-])cc2)cc1. The van der Waals surface area contributed by atoms with Gasteiger partial charge in [-0.3, -0.25) is 0 Å². The fourth-order valence-electron chi connectivity index (χ4n) is 1.44. The maximum Gasteiger partial charge on any atom is 0.0857 e. The first-order valence-corrected chi connectivity index (χ1v) is 7.61. The Morgan fingerprint density at radius 1 is 0.625 bits per heavy atom. The van der Waals surface area contributed by atoms with Crippen molar-refractivity contribution >= 4 is 23.3 Å². The highest BCUT2D eigenvalue weighted by Crippen LogP contribution is 2.19. The van der Waals surface area contributed by atoms with Crippen LogP contribution in [0.2, 0.25) is 0 Å². The zero-order valence-corrected chi connectivity index (χ0v) is 14.1. The van der Waals surface area contributed by atoms with Crippen molar-refractivity contribution in [2.24, 2.45) is 10.2 Å². The molecule has 24 heavy (non-hydrogen) atoms. The summed E-state index contributed by atoms with van der Waals surface area (Å²) in [6, 6.07) is 11.4. The van der Waals surface area contributed by atoms with Crippen molar-refractivity contribution < 1.29 is 19.8 Å². The molecule has 0 unspecified atom stereocenters. The van der Waals surface area contributed by atoms with Crippen molar-refractivity contribution in [3.8, 4) is 0 Å². The van der Waals surface area contributed by atoms with E-state index in [1.54, 1.807) is 0 Å². The summed E-state index contributed by atoms with van der Waals surface area (Å²) in [7, 11) is 0. The van der Waals surface area contributed by atoms with Crippen molar-refractivity contribution in [1.29, 1.82) is 0 Å². The Balaban J connectivity index is 0.00000123. The highest BCUT2D eigenvalue weighted by molar-refractivity contribution is 5.86. The molecular formula is C18H20N2O4-2. The second kappa shape index (κ2) is 11.5. The molecule has 0 atom stereocenters. The standard InChI is InChI=1S/C14H10N2O4.2C2H6/c17-13(18)9-1-5-11(6-2-9)15-16-12-7-3-10(4-8-12)14(19)20;2*1-2/h1-8H,(H,17,18)(H,19,20);2*1-2H3/p-2. The second-order valence-corrected chi connectivity index (χ2v) is 3.87. The van der Waals surface area contributed by atoms with E-state index in [0.29, 0.717) is 11.4 Å². The van der Waals surface area contributed by atoms with Gasteiger partial charge in [0.1, 0.15) is 0 Å². The van der Waals surface area contributed by atoms with Crippen LogP contribution in [0, 0.1) is 0 Å². The Kier molecular flexibility index (Phi) is 10.1. The lowest BCUT2D eigenvalue weighted by atomic mass is 10.2. The Bertz CT molecular complexity index is 603. The van der Waals surface area contributed by atoms with Crippen molar-refractivity contribution in [2.45, 2.75) is 27.7 Å². The van der Waals surface area contributed by atoms with Gasteiger partial charge in [-0.05, 0) is 35.4 Å². The first-order chi connectivity index (χ1) is 11.6. The van der Waals surface area contributed by atoms with E-state index < -0.39 is 11.9 Å². The zero-order valence-electron chi connectivity index (χ0n) is 14.1. The highest BCUT2D eigenvalue weighted by atomic mass is 16.4.